The standard InChI is InChI=1S/C14H16ClNO4/c15-11-4-2-1-3-9(11)7-12(14(18)19)16-13(17)10-5-6-20-8-10/h1-4,10,12H,5-8H2,(H,16,17)(H,18,19)/t10-,12+/m0/s1. The number of carbonyl (C=O) groups is 2. The number of aliphatic carboxylic acids is 1. The zero-order valence-corrected chi connectivity index (χ0v) is 11.6. The molecule has 1 amide bonds. The predicted octanol–water partition coefficient (Wildman–Crippen LogP) is 1.49. The van der Waals surface area contributed by atoms with Gasteiger partial charge in [-0.1, -0.05) is 29.8 Å². The molecule has 1 saturated heterocycles. The van der Waals surface area contributed by atoms with E-state index in [1.807, 2.05) is 0 Å². The van der Waals surface area contributed by atoms with Gasteiger partial charge in [0, 0.05) is 18.1 Å². The molecule has 0 saturated carbocycles. The van der Waals surface area contributed by atoms with Crippen LogP contribution in [0.5, 0.6) is 0 Å². The maximum atomic E-state index is 11.9. The molecule has 0 spiro atoms. The lowest BCUT2D eigenvalue weighted by molar-refractivity contribution is -0.142. The number of ether oxygens (including phenoxy) is 1. The third-order valence-corrected chi connectivity index (χ3v) is 3.67. The van der Waals surface area contributed by atoms with Gasteiger partial charge in [0.25, 0.3) is 0 Å². The Hall–Kier alpha value is -1.59. The van der Waals surface area contributed by atoms with Gasteiger partial charge < -0.3 is 15.2 Å². The Kier molecular flexibility index (Phi) is 4.98. The molecule has 2 atom stereocenters. The highest BCUT2D eigenvalue weighted by Gasteiger charge is 2.28. The van der Waals surface area contributed by atoms with Gasteiger partial charge in [-0.25, -0.2) is 4.79 Å². The van der Waals surface area contributed by atoms with Crippen LogP contribution in [0.4, 0.5) is 0 Å². The van der Waals surface area contributed by atoms with E-state index in [9.17, 15) is 14.7 Å². The fraction of sp³-hybridized carbons (Fsp3) is 0.429. The van der Waals surface area contributed by atoms with Crippen molar-refractivity contribution >= 4 is 23.5 Å². The van der Waals surface area contributed by atoms with Gasteiger partial charge in [0.2, 0.25) is 5.91 Å². The Bertz CT molecular complexity index is 500. The van der Waals surface area contributed by atoms with Crippen molar-refractivity contribution < 1.29 is 19.4 Å². The van der Waals surface area contributed by atoms with Crippen LogP contribution < -0.4 is 5.32 Å². The second-order valence-electron chi connectivity index (χ2n) is 4.76. The van der Waals surface area contributed by atoms with Gasteiger partial charge in [0.1, 0.15) is 6.04 Å². The number of nitrogens with one attached hydrogen (secondary N) is 1. The van der Waals surface area contributed by atoms with Gasteiger partial charge in [-0.3, -0.25) is 4.79 Å². The SMILES string of the molecule is O=C(N[C@H](Cc1ccccc1Cl)C(=O)O)[C@H]1CCOC1. The first kappa shape index (κ1) is 14.8. The van der Waals surface area contributed by atoms with E-state index in [0.29, 0.717) is 30.2 Å². The van der Waals surface area contributed by atoms with Gasteiger partial charge in [-0.2, -0.15) is 0 Å². The van der Waals surface area contributed by atoms with Crippen LogP contribution in [0.2, 0.25) is 5.02 Å². The van der Waals surface area contributed by atoms with Crippen molar-refractivity contribution in [2.45, 2.75) is 18.9 Å². The lowest BCUT2D eigenvalue weighted by atomic mass is 10.0. The molecule has 1 aromatic carbocycles. The Morgan fingerprint density at radius 1 is 1.45 bits per heavy atom. The topological polar surface area (TPSA) is 75.6 Å². The first-order valence-electron chi connectivity index (χ1n) is 6.42. The third kappa shape index (κ3) is 3.71. The summed E-state index contributed by atoms with van der Waals surface area (Å²) in [6.45, 7) is 0.893. The summed E-state index contributed by atoms with van der Waals surface area (Å²) in [5.41, 5.74) is 0.699. The molecular formula is C14H16ClNO4. The smallest absolute Gasteiger partial charge is 0.326 e. The Morgan fingerprint density at radius 2 is 2.20 bits per heavy atom. The number of benzene rings is 1. The molecule has 0 aromatic heterocycles. The van der Waals surface area contributed by atoms with Crippen LogP contribution in [-0.4, -0.2) is 36.2 Å². The highest BCUT2D eigenvalue weighted by molar-refractivity contribution is 6.31. The molecule has 108 valence electrons. The van der Waals surface area contributed by atoms with E-state index in [2.05, 4.69) is 5.32 Å². The molecule has 1 aliphatic heterocycles. The third-order valence-electron chi connectivity index (χ3n) is 3.30. The first-order valence-corrected chi connectivity index (χ1v) is 6.80. The number of rotatable bonds is 5. The molecule has 0 bridgehead atoms. The number of carbonyl (C=O) groups excluding carboxylic acids is 1. The Balaban J connectivity index is 2.02. The number of carboxylic acids is 1. The Morgan fingerprint density at radius 3 is 2.80 bits per heavy atom. The zero-order chi connectivity index (χ0) is 14.5. The molecule has 1 fully saturated rings. The quantitative estimate of drug-likeness (QED) is 0.863. The second-order valence-corrected chi connectivity index (χ2v) is 5.16. The molecule has 2 N–H and O–H groups in total. The lowest BCUT2D eigenvalue weighted by Crippen LogP contribution is -2.45. The minimum atomic E-state index is -1.07. The normalized spacial score (nSPS) is 19.6. The van der Waals surface area contributed by atoms with Crippen LogP contribution in [0.15, 0.2) is 24.3 Å². The van der Waals surface area contributed by atoms with Crippen molar-refractivity contribution in [1.29, 1.82) is 0 Å². The van der Waals surface area contributed by atoms with Crippen molar-refractivity contribution in [1.82, 2.24) is 5.32 Å². The average Bonchev–Trinajstić information content (AvgIpc) is 2.94. The summed E-state index contributed by atoms with van der Waals surface area (Å²) >= 11 is 6.01. The highest BCUT2D eigenvalue weighted by atomic mass is 35.5. The minimum Gasteiger partial charge on any atom is -0.480 e. The molecule has 0 radical (unpaired) electrons. The number of carboxylic acid groups (broad SMARTS) is 1. The van der Waals surface area contributed by atoms with Crippen molar-refractivity contribution in [3.8, 4) is 0 Å². The summed E-state index contributed by atoms with van der Waals surface area (Å²) in [4.78, 5) is 23.2. The van der Waals surface area contributed by atoms with Gasteiger partial charge in [-0.15, -0.1) is 0 Å². The van der Waals surface area contributed by atoms with Crippen LogP contribution in [0, 0.1) is 5.92 Å². The largest absolute Gasteiger partial charge is 0.480 e. The summed E-state index contributed by atoms with van der Waals surface area (Å²) in [5.74, 6) is -1.61. The molecule has 1 aliphatic rings. The van der Waals surface area contributed by atoms with Crippen molar-refractivity contribution in [3.05, 3.63) is 34.9 Å². The zero-order valence-electron chi connectivity index (χ0n) is 10.8. The molecule has 6 heteroatoms. The summed E-state index contributed by atoms with van der Waals surface area (Å²) in [7, 11) is 0. The van der Waals surface area contributed by atoms with Crippen molar-refractivity contribution in [3.63, 3.8) is 0 Å². The summed E-state index contributed by atoms with van der Waals surface area (Å²) in [5, 5.41) is 12.3. The average molecular weight is 298 g/mol. The maximum absolute atomic E-state index is 11.9. The fourth-order valence-electron chi connectivity index (χ4n) is 2.11. The second kappa shape index (κ2) is 6.72. The van der Waals surface area contributed by atoms with Crippen molar-refractivity contribution in [2.24, 2.45) is 5.92 Å². The molecule has 0 aliphatic carbocycles. The monoisotopic (exact) mass is 297 g/mol. The predicted molar refractivity (Wildman–Crippen MR) is 73.6 cm³/mol. The summed E-state index contributed by atoms with van der Waals surface area (Å²) < 4.78 is 5.13. The van der Waals surface area contributed by atoms with Gasteiger partial charge >= 0.3 is 5.97 Å². The maximum Gasteiger partial charge on any atom is 0.326 e. The summed E-state index contributed by atoms with van der Waals surface area (Å²) in [6, 6.07) is 6.02. The van der Waals surface area contributed by atoms with E-state index >= 15 is 0 Å². The molecule has 1 heterocycles. The van der Waals surface area contributed by atoms with Crippen LogP contribution in [0.3, 0.4) is 0 Å². The van der Waals surface area contributed by atoms with E-state index in [1.165, 1.54) is 0 Å². The first-order chi connectivity index (χ1) is 9.58. The number of hydrogen-bond acceptors (Lipinski definition) is 3. The van der Waals surface area contributed by atoms with E-state index in [1.54, 1.807) is 24.3 Å². The molecule has 5 nitrogen and oxygen atoms in total. The highest BCUT2D eigenvalue weighted by Crippen LogP contribution is 2.18. The van der Waals surface area contributed by atoms with Crippen LogP contribution in [-0.2, 0) is 20.7 Å². The van der Waals surface area contributed by atoms with Crippen LogP contribution in [0.1, 0.15) is 12.0 Å². The van der Waals surface area contributed by atoms with E-state index in [4.69, 9.17) is 16.3 Å². The molecule has 0 unspecified atom stereocenters. The van der Waals surface area contributed by atoms with E-state index in [0.717, 1.165) is 0 Å². The van der Waals surface area contributed by atoms with Gasteiger partial charge in [0.15, 0.2) is 0 Å². The van der Waals surface area contributed by atoms with Crippen LogP contribution >= 0.6 is 11.6 Å². The van der Waals surface area contributed by atoms with Gasteiger partial charge in [-0.05, 0) is 18.1 Å². The minimum absolute atomic E-state index is 0.161. The molecule has 20 heavy (non-hydrogen) atoms. The van der Waals surface area contributed by atoms with Gasteiger partial charge in [0.05, 0.1) is 12.5 Å². The number of halogens is 1. The Labute approximate surface area is 121 Å². The number of hydrogen-bond donors (Lipinski definition) is 2. The number of amides is 1. The van der Waals surface area contributed by atoms with Crippen molar-refractivity contribution in [2.75, 3.05) is 13.2 Å². The van der Waals surface area contributed by atoms with E-state index < -0.39 is 12.0 Å². The molecular weight excluding hydrogens is 282 g/mol. The van der Waals surface area contributed by atoms with Crippen LogP contribution in [0.25, 0.3) is 0 Å². The molecule has 2 rings (SSSR count). The summed E-state index contributed by atoms with van der Waals surface area (Å²) in [6.07, 6.45) is 0.790. The van der Waals surface area contributed by atoms with E-state index in [-0.39, 0.29) is 18.2 Å². The molecule has 1 aromatic rings. The fourth-order valence-corrected chi connectivity index (χ4v) is 2.33. The lowest BCUT2D eigenvalue weighted by Gasteiger charge is -2.17.